The van der Waals surface area contributed by atoms with E-state index < -0.39 is 8.32 Å². The summed E-state index contributed by atoms with van der Waals surface area (Å²) in [6.45, 7) is 15.6. The lowest BCUT2D eigenvalue weighted by Crippen LogP contribution is -2.38. The molecule has 0 heterocycles. The summed E-state index contributed by atoms with van der Waals surface area (Å²) in [5.41, 5.74) is 0. The van der Waals surface area contributed by atoms with E-state index in [2.05, 4.69) is 33.6 Å². The summed E-state index contributed by atoms with van der Waals surface area (Å²) in [6, 6.07) is 2.93. The molecule has 14 heavy (non-hydrogen) atoms. The quantitative estimate of drug-likeness (QED) is 0.436. The van der Waals surface area contributed by atoms with Gasteiger partial charge in [-0.3, -0.25) is 0 Å². The molecule has 0 unspecified atom stereocenters. The van der Waals surface area contributed by atoms with E-state index in [0.29, 0.717) is 0 Å². The van der Waals surface area contributed by atoms with E-state index in [4.69, 9.17) is 4.43 Å². The maximum Gasteiger partial charge on any atom is 0.204 e. The highest BCUT2D eigenvalue weighted by atomic mass is 28.4. The third-order valence-corrected chi connectivity index (χ3v) is 6.10. The zero-order chi connectivity index (χ0) is 11.0. The molecule has 0 fully saturated rings. The molecule has 0 aliphatic carbocycles. The lowest BCUT2D eigenvalue weighted by atomic mass is 10.5. The summed E-state index contributed by atoms with van der Waals surface area (Å²) in [5.74, 6) is 0. The average Bonchev–Trinajstić information content (AvgIpc) is 2.03. The summed E-state index contributed by atoms with van der Waals surface area (Å²) in [7, 11) is -1.71. The number of rotatable bonds is 8. The molecule has 80 valence electrons. The number of hydrogen-bond donors (Lipinski definition) is 0. The third-order valence-electron chi connectivity index (χ3n) is 2.03. The molecular weight excluding hydrogens is 188 g/mol. The fourth-order valence-corrected chi connectivity index (χ4v) is 5.05. The molecule has 0 atom stereocenters. The molecule has 0 N–H and O–H groups in total. The molecule has 0 aliphatic rings. The SMILES string of the molecule is C=CC[Si](CC=C)(CC=C)OC(C)C. The molecule has 2 heteroatoms. The van der Waals surface area contributed by atoms with Crippen LogP contribution in [0.1, 0.15) is 13.8 Å². The van der Waals surface area contributed by atoms with Crippen LogP contribution in [0.25, 0.3) is 0 Å². The number of hydrogen-bond acceptors (Lipinski definition) is 1. The largest absolute Gasteiger partial charge is 0.414 e. The van der Waals surface area contributed by atoms with E-state index >= 15 is 0 Å². The lowest BCUT2D eigenvalue weighted by molar-refractivity contribution is 0.228. The van der Waals surface area contributed by atoms with Gasteiger partial charge in [0, 0.05) is 6.10 Å². The second-order valence-corrected chi connectivity index (χ2v) is 7.65. The summed E-state index contributed by atoms with van der Waals surface area (Å²) in [6.07, 6.45) is 6.16. The minimum absolute atomic E-state index is 0.279. The Bertz CT molecular complexity index is 170. The van der Waals surface area contributed by atoms with Crippen molar-refractivity contribution in [2.75, 3.05) is 0 Å². The lowest BCUT2D eigenvalue weighted by Gasteiger charge is -2.30. The first-order valence-corrected chi connectivity index (χ1v) is 7.63. The standard InChI is InChI=1S/C12H22OSi/c1-6-9-14(10-7-2,11-8-3)13-12(4)5/h6-8,12H,1-3,9-11H2,4-5H3. The van der Waals surface area contributed by atoms with Crippen LogP contribution in [0.3, 0.4) is 0 Å². The van der Waals surface area contributed by atoms with Crippen molar-refractivity contribution in [2.45, 2.75) is 38.1 Å². The molecule has 0 aliphatic heterocycles. The van der Waals surface area contributed by atoms with Gasteiger partial charge in [0.1, 0.15) is 0 Å². The van der Waals surface area contributed by atoms with Crippen molar-refractivity contribution in [2.24, 2.45) is 0 Å². The average molecular weight is 210 g/mol. The predicted octanol–water partition coefficient (Wildman–Crippen LogP) is 3.91. The van der Waals surface area contributed by atoms with Crippen molar-refractivity contribution < 1.29 is 4.43 Å². The topological polar surface area (TPSA) is 9.23 Å². The van der Waals surface area contributed by atoms with Crippen LogP contribution in [0.5, 0.6) is 0 Å². The monoisotopic (exact) mass is 210 g/mol. The Kier molecular flexibility index (Phi) is 6.50. The van der Waals surface area contributed by atoms with Gasteiger partial charge in [-0.25, -0.2) is 0 Å². The Hall–Kier alpha value is -0.603. The molecule has 0 saturated heterocycles. The van der Waals surface area contributed by atoms with Gasteiger partial charge in [0.15, 0.2) is 0 Å². The van der Waals surface area contributed by atoms with E-state index in [9.17, 15) is 0 Å². The second kappa shape index (κ2) is 6.79. The van der Waals surface area contributed by atoms with Crippen LogP contribution >= 0.6 is 0 Å². The molecule has 0 aromatic carbocycles. The molecule has 0 bridgehead atoms. The highest BCUT2D eigenvalue weighted by Gasteiger charge is 2.31. The Morgan fingerprint density at radius 1 is 1.00 bits per heavy atom. The summed E-state index contributed by atoms with van der Waals surface area (Å²) in [5, 5.41) is 0. The Morgan fingerprint density at radius 2 is 1.36 bits per heavy atom. The minimum atomic E-state index is -1.71. The smallest absolute Gasteiger partial charge is 0.204 e. The molecule has 0 aromatic heterocycles. The summed E-state index contributed by atoms with van der Waals surface area (Å²) < 4.78 is 6.08. The molecule has 0 saturated carbocycles. The van der Waals surface area contributed by atoms with Gasteiger partial charge in [-0.15, -0.1) is 19.7 Å². The van der Waals surface area contributed by atoms with Crippen molar-refractivity contribution in [1.82, 2.24) is 0 Å². The maximum atomic E-state index is 6.08. The van der Waals surface area contributed by atoms with E-state index in [0.717, 1.165) is 18.1 Å². The van der Waals surface area contributed by atoms with Crippen molar-refractivity contribution in [3.8, 4) is 0 Å². The van der Waals surface area contributed by atoms with Gasteiger partial charge in [0.2, 0.25) is 8.32 Å². The van der Waals surface area contributed by atoms with Crippen molar-refractivity contribution >= 4 is 8.32 Å². The fourth-order valence-electron chi connectivity index (χ4n) is 1.68. The summed E-state index contributed by atoms with van der Waals surface area (Å²) in [4.78, 5) is 0. The van der Waals surface area contributed by atoms with Crippen LogP contribution in [0.2, 0.25) is 18.1 Å². The van der Waals surface area contributed by atoms with Crippen LogP contribution in [-0.4, -0.2) is 14.4 Å². The molecule has 0 radical (unpaired) electrons. The highest BCUT2D eigenvalue weighted by molar-refractivity contribution is 6.75. The molecule has 0 spiro atoms. The third kappa shape index (κ3) is 4.58. The Morgan fingerprint density at radius 3 is 1.57 bits per heavy atom. The van der Waals surface area contributed by atoms with Gasteiger partial charge < -0.3 is 4.43 Å². The van der Waals surface area contributed by atoms with Gasteiger partial charge >= 0.3 is 0 Å². The molecular formula is C12H22OSi. The van der Waals surface area contributed by atoms with E-state index in [1.165, 1.54) is 0 Å². The highest BCUT2D eigenvalue weighted by Crippen LogP contribution is 2.25. The van der Waals surface area contributed by atoms with Crippen molar-refractivity contribution in [3.63, 3.8) is 0 Å². The second-order valence-electron chi connectivity index (χ2n) is 3.83. The van der Waals surface area contributed by atoms with Gasteiger partial charge in [0.05, 0.1) is 0 Å². The molecule has 0 rings (SSSR count). The maximum absolute atomic E-state index is 6.08. The van der Waals surface area contributed by atoms with Crippen LogP contribution in [0, 0.1) is 0 Å². The van der Waals surface area contributed by atoms with Crippen LogP contribution in [-0.2, 0) is 4.43 Å². The van der Waals surface area contributed by atoms with Crippen molar-refractivity contribution in [3.05, 3.63) is 38.0 Å². The van der Waals surface area contributed by atoms with Gasteiger partial charge in [-0.05, 0) is 32.0 Å². The first-order valence-electron chi connectivity index (χ1n) is 5.10. The van der Waals surface area contributed by atoms with E-state index in [-0.39, 0.29) is 6.10 Å². The predicted molar refractivity (Wildman–Crippen MR) is 67.0 cm³/mol. The van der Waals surface area contributed by atoms with E-state index in [1.54, 1.807) is 0 Å². The minimum Gasteiger partial charge on any atom is -0.414 e. The first kappa shape index (κ1) is 13.4. The normalized spacial score (nSPS) is 11.4. The van der Waals surface area contributed by atoms with Crippen molar-refractivity contribution in [1.29, 1.82) is 0 Å². The molecule has 0 aromatic rings. The first-order chi connectivity index (χ1) is 6.60. The van der Waals surface area contributed by atoms with E-state index in [1.807, 2.05) is 18.2 Å². The van der Waals surface area contributed by atoms with Gasteiger partial charge in [-0.1, -0.05) is 18.2 Å². The summed E-state index contributed by atoms with van der Waals surface area (Å²) >= 11 is 0. The molecule has 0 amide bonds. The van der Waals surface area contributed by atoms with Crippen LogP contribution in [0.4, 0.5) is 0 Å². The van der Waals surface area contributed by atoms with Crippen LogP contribution in [0.15, 0.2) is 38.0 Å². The molecule has 1 nitrogen and oxygen atoms in total. The Labute approximate surface area is 89.3 Å². The van der Waals surface area contributed by atoms with Gasteiger partial charge in [0.25, 0.3) is 0 Å². The number of allylic oxidation sites excluding steroid dienone is 3. The fraction of sp³-hybridized carbons (Fsp3) is 0.500. The Balaban J connectivity index is 4.60. The van der Waals surface area contributed by atoms with Gasteiger partial charge in [-0.2, -0.15) is 0 Å². The van der Waals surface area contributed by atoms with Crippen LogP contribution < -0.4 is 0 Å². The zero-order valence-electron chi connectivity index (χ0n) is 9.46. The zero-order valence-corrected chi connectivity index (χ0v) is 10.5.